The van der Waals surface area contributed by atoms with E-state index < -0.39 is 0 Å². The van der Waals surface area contributed by atoms with Crippen LogP contribution in [0.4, 0.5) is 0 Å². The molecule has 0 N–H and O–H groups in total. The summed E-state index contributed by atoms with van der Waals surface area (Å²) in [6, 6.07) is 15.2. The first-order valence-electron chi connectivity index (χ1n) is 5.61. The van der Waals surface area contributed by atoms with Crippen LogP contribution >= 0.6 is 0 Å². The van der Waals surface area contributed by atoms with E-state index in [4.69, 9.17) is 9.15 Å². The number of fused-ring (bicyclic) bond motifs is 1. The first-order valence-corrected chi connectivity index (χ1v) is 5.61. The van der Waals surface area contributed by atoms with Gasteiger partial charge in [-0.1, -0.05) is 30.8 Å². The lowest BCUT2D eigenvalue weighted by atomic mass is 10.2. The van der Waals surface area contributed by atoms with Crippen molar-refractivity contribution >= 4 is 11.1 Å². The summed E-state index contributed by atoms with van der Waals surface area (Å²) >= 11 is 0. The van der Waals surface area contributed by atoms with Crippen molar-refractivity contribution < 1.29 is 9.15 Å². The summed E-state index contributed by atoms with van der Waals surface area (Å²) < 4.78 is 11.1. The summed E-state index contributed by atoms with van der Waals surface area (Å²) in [4.78, 5) is 4.44. The number of rotatable bonds is 3. The Hall–Kier alpha value is -2.55. The molecule has 0 saturated carbocycles. The maximum atomic E-state index is 5.72. The predicted molar refractivity (Wildman–Crippen MR) is 70.3 cm³/mol. The van der Waals surface area contributed by atoms with E-state index in [0.717, 1.165) is 16.7 Å². The third-order valence-corrected chi connectivity index (χ3v) is 2.62. The quantitative estimate of drug-likeness (QED) is 0.645. The fourth-order valence-corrected chi connectivity index (χ4v) is 1.82. The molecule has 0 bridgehead atoms. The fraction of sp³-hybridized carbons (Fsp3) is 0. The molecule has 3 heteroatoms. The van der Waals surface area contributed by atoms with Crippen molar-refractivity contribution in [3.63, 3.8) is 0 Å². The summed E-state index contributed by atoms with van der Waals surface area (Å²) in [5.74, 6) is 1.23. The number of para-hydroxylation sites is 3. The maximum absolute atomic E-state index is 5.72. The van der Waals surface area contributed by atoms with Crippen LogP contribution in [-0.2, 0) is 0 Å². The molecule has 0 aliphatic rings. The van der Waals surface area contributed by atoms with Gasteiger partial charge in [-0.3, -0.25) is 0 Å². The van der Waals surface area contributed by atoms with Crippen LogP contribution in [0.25, 0.3) is 22.6 Å². The molecule has 0 fully saturated rings. The Morgan fingerprint density at radius 2 is 1.83 bits per heavy atom. The second kappa shape index (κ2) is 4.37. The first-order chi connectivity index (χ1) is 8.88. The Balaban J connectivity index is 2.16. The topological polar surface area (TPSA) is 35.3 Å². The zero-order valence-corrected chi connectivity index (χ0v) is 9.67. The molecule has 18 heavy (non-hydrogen) atoms. The highest BCUT2D eigenvalue weighted by Crippen LogP contribution is 2.31. The molecule has 0 radical (unpaired) electrons. The molecule has 0 aliphatic heterocycles. The van der Waals surface area contributed by atoms with Crippen LogP contribution in [0.5, 0.6) is 5.75 Å². The van der Waals surface area contributed by atoms with Crippen LogP contribution in [0, 0.1) is 0 Å². The summed E-state index contributed by atoms with van der Waals surface area (Å²) in [6.45, 7) is 3.56. The second-order valence-corrected chi connectivity index (χ2v) is 3.77. The molecule has 2 aromatic carbocycles. The summed E-state index contributed by atoms with van der Waals surface area (Å²) in [5, 5.41) is 0. The molecule has 0 spiro atoms. The van der Waals surface area contributed by atoms with Gasteiger partial charge in [0.25, 0.3) is 0 Å². The van der Waals surface area contributed by atoms with Gasteiger partial charge in [0.1, 0.15) is 11.3 Å². The molecular formula is C15H11NO2. The normalized spacial score (nSPS) is 10.4. The molecule has 0 unspecified atom stereocenters. The standard InChI is InChI=1S/C15H11NO2/c1-2-17-13-9-5-3-7-11(13)15-16-12-8-4-6-10-14(12)18-15/h2-10H,1H2. The van der Waals surface area contributed by atoms with Gasteiger partial charge in [0.05, 0.1) is 11.8 Å². The van der Waals surface area contributed by atoms with Gasteiger partial charge < -0.3 is 9.15 Å². The van der Waals surface area contributed by atoms with E-state index in [1.807, 2.05) is 48.5 Å². The van der Waals surface area contributed by atoms with Crippen LogP contribution in [0.2, 0.25) is 0 Å². The zero-order valence-electron chi connectivity index (χ0n) is 9.67. The molecule has 0 aliphatic carbocycles. The molecule has 88 valence electrons. The van der Waals surface area contributed by atoms with Gasteiger partial charge in [0, 0.05) is 0 Å². The third kappa shape index (κ3) is 1.76. The summed E-state index contributed by atoms with van der Waals surface area (Å²) in [6.07, 6.45) is 1.39. The van der Waals surface area contributed by atoms with Crippen molar-refractivity contribution in [1.29, 1.82) is 0 Å². The molecule has 0 atom stereocenters. The van der Waals surface area contributed by atoms with E-state index in [2.05, 4.69) is 11.6 Å². The molecule has 3 nitrogen and oxygen atoms in total. The fourth-order valence-electron chi connectivity index (χ4n) is 1.82. The molecule has 1 heterocycles. The van der Waals surface area contributed by atoms with E-state index in [1.54, 1.807) is 0 Å². The zero-order chi connectivity index (χ0) is 12.4. The Kier molecular flexibility index (Phi) is 2.57. The van der Waals surface area contributed by atoms with Gasteiger partial charge >= 0.3 is 0 Å². The van der Waals surface area contributed by atoms with Crippen LogP contribution in [0.15, 0.2) is 65.8 Å². The van der Waals surface area contributed by atoms with Gasteiger partial charge in [0.15, 0.2) is 5.58 Å². The third-order valence-electron chi connectivity index (χ3n) is 2.62. The number of aromatic nitrogens is 1. The highest BCUT2D eigenvalue weighted by Gasteiger charge is 2.12. The smallest absolute Gasteiger partial charge is 0.231 e. The van der Waals surface area contributed by atoms with Crippen molar-refractivity contribution in [2.24, 2.45) is 0 Å². The molecule has 3 rings (SSSR count). The molecule has 1 aromatic heterocycles. The number of ether oxygens (including phenoxy) is 1. The lowest BCUT2D eigenvalue weighted by molar-refractivity contribution is 0.482. The minimum Gasteiger partial charge on any atom is -0.465 e. The highest BCUT2D eigenvalue weighted by atomic mass is 16.5. The average molecular weight is 237 g/mol. The van der Waals surface area contributed by atoms with Gasteiger partial charge in [-0.2, -0.15) is 0 Å². The average Bonchev–Trinajstić information content (AvgIpc) is 2.83. The van der Waals surface area contributed by atoms with Crippen molar-refractivity contribution in [2.45, 2.75) is 0 Å². The molecule has 3 aromatic rings. The molecular weight excluding hydrogens is 226 g/mol. The first kappa shape index (κ1) is 10.6. The second-order valence-electron chi connectivity index (χ2n) is 3.77. The molecule has 0 saturated heterocycles. The minimum atomic E-state index is 0.550. The van der Waals surface area contributed by atoms with Crippen molar-refractivity contribution in [3.05, 3.63) is 61.4 Å². The van der Waals surface area contributed by atoms with Crippen LogP contribution in [0.3, 0.4) is 0 Å². The summed E-state index contributed by atoms with van der Waals surface area (Å²) in [7, 11) is 0. The van der Waals surface area contributed by atoms with E-state index in [9.17, 15) is 0 Å². The van der Waals surface area contributed by atoms with Gasteiger partial charge in [0.2, 0.25) is 5.89 Å². The van der Waals surface area contributed by atoms with E-state index in [1.165, 1.54) is 6.26 Å². The largest absolute Gasteiger partial charge is 0.465 e. The van der Waals surface area contributed by atoms with Crippen LogP contribution in [0.1, 0.15) is 0 Å². The van der Waals surface area contributed by atoms with E-state index >= 15 is 0 Å². The van der Waals surface area contributed by atoms with Crippen molar-refractivity contribution in [3.8, 4) is 17.2 Å². The van der Waals surface area contributed by atoms with Gasteiger partial charge in [-0.05, 0) is 24.3 Å². The van der Waals surface area contributed by atoms with Gasteiger partial charge in [-0.15, -0.1) is 0 Å². The van der Waals surface area contributed by atoms with Gasteiger partial charge in [-0.25, -0.2) is 4.98 Å². The monoisotopic (exact) mass is 237 g/mol. The van der Waals surface area contributed by atoms with Crippen molar-refractivity contribution in [2.75, 3.05) is 0 Å². The van der Waals surface area contributed by atoms with E-state index in [0.29, 0.717) is 11.6 Å². The Labute approximate surface area is 104 Å². The van der Waals surface area contributed by atoms with Crippen LogP contribution < -0.4 is 4.74 Å². The number of hydrogen-bond acceptors (Lipinski definition) is 3. The minimum absolute atomic E-state index is 0.550. The predicted octanol–water partition coefficient (Wildman–Crippen LogP) is 4.02. The Bertz CT molecular complexity index is 667. The van der Waals surface area contributed by atoms with E-state index in [-0.39, 0.29) is 0 Å². The number of hydrogen-bond donors (Lipinski definition) is 0. The number of benzene rings is 2. The SMILES string of the molecule is C=COc1ccccc1-c1nc2ccccc2o1. The van der Waals surface area contributed by atoms with Crippen LogP contribution in [-0.4, -0.2) is 4.98 Å². The van der Waals surface area contributed by atoms with Crippen molar-refractivity contribution in [1.82, 2.24) is 4.98 Å². The lowest BCUT2D eigenvalue weighted by Crippen LogP contribution is -1.85. The Morgan fingerprint density at radius 3 is 2.67 bits per heavy atom. The number of oxazole rings is 1. The highest BCUT2D eigenvalue weighted by molar-refractivity contribution is 5.77. The lowest BCUT2D eigenvalue weighted by Gasteiger charge is -2.03. The maximum Gasteiger partial charge on any atom is 0.231 e. The Morgan fingerprint density at radius 1 is 1.06 bits per heavy atom. The summed E-state index contributed by atoms with van der Waals surface area (Å²) in [5.41, 5.74) is 2.41. The number of nitrogens with zero attached hydrogens (tertiary/aromatic N) is 1. The molecule has 0 amide bonds.